The highest BCUT2D eigenvalue weighted by Gasteiger charge is 2.23. The van der Waals surface area contributed by atoms with Crippen molar-refractivity contribution >= 4 is 33.2 Å². The Morgan fingerprint density at radius 1 is 1.45 bits per heavy atom. The quantitative estimate of drug-likeness (QED) is 0.568. The zero-order chi connectivity index (χ0) is 7.90. The maximum absolute atomic E-state index is 6.00. The molecule has 0 aromatic carbocycles. The van der Waals surface area contributed by atoms with Crippen molar-refractivity contribution < 1.29 is 0 Å². The fourth-order valence-corrected chi connectivity index (χ4v) is 1.62. The molecule has 0 N–H and O–H groups in total. The molecule has 0 fully saturated rings. The first-order chi connectivity index (χ1) is 5.17. The summed E-state index contributed by atoms with van der Waals surface area (Å²) < 4.78 is -0.518. The van der Waals surface area contributed by atoms with E-state index in [1.807, 2.05) is 24.3 Å². The standard InChI is InChI=1S/C8H5BrClN/c9-8(10)3-1-7-6(5-8)2-4-11-7/h1-5H. The SMILES string of the molecule is ClC1(Br)C=CC2=NC=CC2=C1. The van der Waals surface area contributed by atoms with Gasteiger partial charge in [-0.3, -0.25) is 4.99 Å². The molecule has 0 aromatic heterocycles. The van der Waals surface area contributed by atoms with Crippen molar-refractivity contribution in [1.82, 2.24) is 0 Å². The molecule has 1 aliphatic carbocycles. The highest BCUT2D eigenvalue weighted by molar-refractivity contribution is 9.10. The Kier molecular flexibility index (Phi) is 1.55. The second kappa shape index (κ2) is 2.32. The summed E-state index contributed by atoms with van der Waals surface area (Å²) in [5.74, 6) is 0. The molecule has 1 nitrogen and oxygen atoms in total. The number of halogens is 2. The Labute approximate surface area is 78.3 Å². The smallest absolute Gasteiger partial charge is 0.137 e. The minimum Gasteiger partial charge on any atom is -0.256 e. The van der Waals surface area contributed by atoms with Crippen molar-refractivity contribution in [2.45, 2.75) is 3.78 Å². The predicted molar refractivity (Wildman–Crippen MR) is 51.3 cm³/mol. The summed E-state index contributed by atoms with van der Waals surface area (Å²) in [5, 5.41) is 0. The number of hydrogen-bond donors (Lipinski definition) is 0. The van der Waals surface area contributed by atoms with Gasteiger partial charge in [0.2, 0.25) is 0 Å². The van der Waals surface area contributed by atoms with Crippen LogP contribution in [0.2, 0.25) is 0 Å². The third kappa shape index (κ3) is 1.33. The molecule has 0 radical (unpaired) electrons. The molecule has 1 unspecified atom stereocenters. The van der Waals surface area contributed by atoms with Gasteiger partial charge in [0.15, 0.2) is 0 Å². The molecular weight excluding hydrogens is 225 g/mol. The second-order valence-electron chi connectivity index (χ2n) is 2.44. The van der Waals surface area contributed by atoms with E-state index in [1.54, 1.807) is 6.20 Å². The lowest BCUT2D eigenvalue weighted by Gasteiger charge is -2.15. The first-order valence-corrected chi connectivity index (χ1v) is 4.39. The lowest BCUT2D eigenvalue weighted by Crippen LogP contribution is -2.12. The van der Waals surface area contributed by atoms with Crippen molar-refractivity contribution in [2.24, 2.45) is 4.99 Å². The highest BCUT2D eigenvalue weighted by atomic mass is 79.9. The number of hydrogen-bond acceptors (Lipinski definition) is 1. The molecule has 56 valence electrons. The van der Waals surface area contributed by atoms with Crippen LogP contribution in [-0.2, 0) is 0 Å². The Balaban J connectivity index is 2.45. The fraction of sp³-hybridized carbons (Fsp3) is 0.125. The van der Waals surface area contributed by atoms with E-state index in [9.17, 15) is 0 Å². The molecule has 0 aromatic rings. The summed E-state index contributed by atoms with van der Waals surface area (Å²) in [5.41, 5.74) is 2.07. The van der Waals surface area contributed by atoms with Gasteiger partial charge in [-0.2, -0.15) is 0 Å². The van der Waals surface area contributed by atoms with E-state index < -0.39 is 3.78 Å². The van der Waals surface area contributed by atoms with Gasteiger partial charge in [0.05, 0.1) is 5.71 Å². The van der Waals surface area contributed by atoms with E-state index in [4.69, 9.17) is 11.6 Å². The Hall–Kier alpha value is -0.340. The van der Waals surface area contributed by atoms with E-state index in [0.717, 1.165) is 11.3 Å². The summed E-state index contributed by atoms with van der Waals surface area (Å²) in [7, 11) is 0. The maximum Gasteiger partial charge on any atom is 0.137 e. The van der Waals surface area contributed by atoms with Crippen molar-refractivity contribution in [2.75, 3.05) is 0 Å². The molecule has 1 atom stereocenters. The van der Waals surface area contributed by atoms with Gasteiger partial charge in [-0.15, -0.1) is 0 Å². The molecule has 0 saturated carbocycles. The average molecular weight is 230 g/mol. The van der Waals surface area contributed by atoms with Crippen molar-refractivity contribution in [3.63, 3.8) is 0 Å². The number of allylic oxidation sites excluding steroid dienone is 5. The Bertz CT molecular complexity index is 310. The van der Waals surface area contributed by atoms with E-state index in [1.165, 1.54) is 0 Å². The van der Waals surface area contributed by atoms with Crippen LogP contribution in [0.25, 0.3) is 0 Å². The summed E-state index contributed by atoms with van der Waals surface area (Å²) in [6.07, 6.45) is 9.42. The van der Waals surface area contributed by atoms with Crippen LogP contribution in [0.5, 0.6) is 0 Å². The summed E-state index contributed by atoms with van der Waals surface area (Å²) >= 11 is 9.35. The maximum atomic E-state index is 6.00. The van der Waals surface area contributed by atoms with Crippen molar-refractivity contribution in [3.8, 4) is 0 Å². The lowest BCUT2D eigenvalue weighted by molar-refractivity contribution is 1.30. The van der Waals surface area contributed by atoms with Crippen LogP contribution in [0.1, 0.15) is 0 Å². The lowest BCUT2D eigenvalue weighted by atomic mass is 10.1. The second-order valence-corrected chi connectivity index (χ2v) is 4.83. The molecule has 1 heterocycles. The van der Waals surface area contributed by atoms with Crippen LogP contribution >= 0.6 is 27.5 Å². The van der Waals surface area contributed by atoms with Gasteiger partial charge in [-0.1, -0.05) is 27.5 Å². The molecular formula is C8H5BrClN. The van der Waals surface area contributed by atoms with Crippen LogP contribution in [0, 0.1) is 0 Å². The molecule has 2 rings (SSSR count). The molecule has 0 spiro atoms. The number of alkyl halides is 2. The Morgan fingerprint density at radius 3 is 3.09 bits per heavy atom. The minimum atomic E-state index is -0.518. The summed E-state index contributed by atoms with van der Waals surface area (Å²) in [4.78, 5) is 4.12. The van der Waals surface area contributed by atoms with Gasteiger partial charge in [-0.25, -0.2) is 0 Å². The molecule has 0 amide bonds. The van der Waals surface area contributed by atoms with Crippen molar-refractivity contribution in [1.29, 1.82) is 0 Å². The summed E-state index contributed by atoms with van der Waals surface area (Å²) in [6, 6.07) is 0. The molecule has 2 aliphatic rings. The van der Waals surface area contributed by atoms with Crippen LogP contribution < -0.4 is 0 Å². The highest BCUT2D eigenvalue weighted by Crippen LogP contribution is 2.33. The first kappa shape index (κ1) is 7.32. The Morgan fingerprint density at radius 2 is 2.27 bits per heavy atom. The van der Waals surface area contributed by atoms with Crippen LogP contribution in [-0.4, -0.2) is 9.50 Å². The zero-order valence-corrected chi connectivity index (χ0v) is 7.93. The normalized spacial score (nSPS) is 33.3. The average Bonchev–Trinajstić information content (AvgIpc) is 2.31. The topological polar surface area (TPSA) is 12.4 Å². The van der Waals surface area contributed by atoms with Crippen LogP contribution in [0.4, 0.5) is 0 Å². The fourth-order valence-electron chi connectivity index (χ4n) is 1.06. The number of rotatable bonds is 0. The van der Waals surface area contributed by atoms with Gasteiger partial charge in [0, 0.05) is 11.8 Å². The first-order valence-electron chi connectivity index (χ1n) is 3.22. The van der Waals surface area contributed by atoms with E-state index in [-0.39, 0.29) is 0 Å². The third-order valence-corrected chi connectivity index (χ3v) is 2.30. The van der Waals surface area contributed by atoms with Crippen LogP contribution in [0.15, 0.2) is 41.1 Å². The van der Waals surface area contributed by atoms with Gasteiger partial charge >= 0.3 is 0 Å². The van der Waals surface area contributed by atoms with Gasteiger partial charge in [0.25, 0.3) is 0 Å². The molecule has 0 saturated heterocycles. The number of fused-ring (bicyclic) bond motifs is 1. The van der Waals surface area contributed by atoms with Gasteiger partial charge in [-0.05, 0) is 24.3 Å². The monoisotopic (exact) mass is 229 g/mol. The zero-order valence-electron chi connectivity index (χ0n) is 5.59. The van der Waals surface area contributed by atoms with Crippen molar-refractivity contribution in [3.05, 3.63) is 36.1 Å². The summed E-state index contributed by atoms with van der Waals surface area (Å²) in [6.45, 7) is 0. The van der Waals surface area contributed by atoms with Gasteiger partial charge in [0.1, 0.15) is 3.78 Å². The molecule has 1 aliphatic heterocycles. The number of aliphatic imine (C=N–C) groups is 1. The van der Waals surface area contributed by atoms with Gasteiger partial charge < -0.3 is 0 Å². The molecule has 11 heavy (non-hydrogen) atoms. The predicted octanol–water partition coefficient (Wildman–Crippen LogP) is 2.78. The minimum absolute atomic E-state index is 0.518. The molecule has 3 heteroatoms. The van der Waals surface area contributed by atoms with E-state index >= 15 is 0 Å². The largest absolute Gasteiger partial charge is 0.256 e. The molecule has 0 bridgehead atoms. The third-order valence-electron chi connectivity index (χ3n) is 1.57. The van der Waals surface area contributed by atoms with E-state index in [2.05, 4.69) is 20.9 Å². The van der Waals surface area contributed by atoms with E-state index in [0.29, 0.717) is 0 Å². The van der Waals surface area contributed by atoms with Crippen LogP contribution in [0.3, 0.4) is 0 Å². The number of nitrogens with zero attached hydrogens (tertiary/aromatic N) is 1.